The summed E-state index contributed by atoms with van der Waals surface area (Å²) >= 11 is 5.99. The standard InChI is InChI=1S/C14H17ClFN3O/c1-4-17-9(3)8(2)14-18-13(19-20-14)11-6-5-10(16)7-12(11)15/h5-9,17H,4H2,1-3H3. The van der Waals surface area contributed by atoms with Gasteiger partial charge in [-0.15, -0.1) is 0 Å². The molecule has 20 heavy (non-hydrogen) atoms. The number of rotatable bonds is 5. The number of aromatic nitrogens is 2. The summed E-state index contributed by atoms with van der Waals surface area (Å²) in [6.45, 7) is 6.98. The predicted octanol–water partition coefficient (Wildman–Crippen LogP) is 3.63. The van der Waals surface area contributed by atoms with Crippen molar-refractivity contribution in [2.24, 2.45) is 0 Å². The van der Waals surface area contributed by atoms with Gasteiger partial charge in [0.1, 0.15) is 5.82 Å². The Hall–Kier alpha value is -1.46. The van der Waals surface area contributed by atoms with Crippen LogP contribution in [0, 0.1) is 5.82 Å². The van der Waals surface area contributed by atoms with Crippen molar-refractivity contribution >= 4 is 11.6 Å². The van der Waals surface area contributed by atoms with Crippen molar-refractivity contribution in [3.63, 3.8) is 0 Å². The number of nitrogens with one attached hydrogen (secondary N) is 1. The molecule has 0 radical (unpaired) electrons. The fourth-order valence-electron chi connectivity index (χ4n) is 1.91. The van der Waals surface area contributed by atoms with E-state index in [1.54, 1.807) is 6.07 Å². The van der Waals surface area contributed by atoms with E-state index in [-0.39, 0.29) is 17.0 Å². The van der Waals surface area contributed by atoms with Crippen LogP contribution in [0.4, 0.5) is 4.39 Å². The molecule has 2 unspecified atom stereocenters. The molecular formula is C14H17ClFN3O. The first-order valence-corrected chi connectivity index (χ1v) is 6.93. The van der Waals surface area contributed by atoms with Gasteiger partial charge >= 0.3 is 0 Å². The van der Waals surface area contributed by atoms with Crippen molar-refractivity contribution in [3.05, 3.63) is 34.9 Å². The van der Waals surface area contributed by atoms with Crippen LogP contribution in [-0.2, 0) is 0 Å². The predicted molar refractivity (Wildman–Crippen MR) is 76.3 cm³/mol. The van der Waals surface area contributed by atoms with E-state index in [0.717, 1.165) is 6.54 Å². The maximum Gasteiger partial charge on any atom is 0.231 e. The lowest BCUT2D eigenvalue weighted by molar-refractivity contribution is 0.332. The van der Waals surface area contributed by atoms with E-state index in [1.165, 1.54) is 12.1 Å². The Morgan fingerprint density at radius 2 is 2.15 bits per heavy atom. The molecule has 108 valence electrons. The third-order valence-electron chi connectivity index (χ3n) is 3.28. The van der Waals surface area contributed by atoms with Gasteiger partial charge in [0.05, 0.1) is 10.9 Å². The van der Waals surface area contributed by atoms with Gasteiger partial charge < -0.3 is 9.84 Å². The third kappa shape index (κ3) is 3.16. The zero-order valence-corrected chi connectivity index (χ0v) is 12.4. The summed E-state index contributed by atoms with van der Waals surface area (Å²) in [5.41, 5.74) is 0.561. The molecule has 1 aromatic carbocycles. The van der Waals surface area contributed by atoms with Gasteiger partial charge in [-0.3, -0.25) is 0 Å². The summed E-state index contributed by atoms with van der Waals surface area (Å²) < 4.78 is 18.3. The molecule has 0 fully saturated rings. The van der Waals surface area contributed by atoms with Crippen LogP contribution in [0.5, 0.6) is 0 Å². The maximum atomic E-state index is 13.0. The minimum absolute atomic E-state index is 0.0791. The molecule has 0 amide bonds. The second-order valence-electron chi connectivity index (χ2n) is 4.72. The highest BCUT2D eigenvalue weighted by Crippen LogP contribution is 2.28. The topological polar surface area (TPSA) is 51.0 Å². The van der Waals surface area contributed by atoms with Gasteiger partial charge in [-0.2, -0.15) is 4.98 Å². The van der Waals surface area contributed by atoms with E-state index < -0.39 is 5.82 Å². The van der Waals surface area contributed by atoms with E-state index >= 15 is 0 Å². The molecule has 4 nitrogen and oxygen atoms in total. The second kappa shape index (κ2) is 6.33. The van der Waals surface area contributed by atoms with Crippen molar-refractivity contribution in [1.82, 2.24) is 15.5 Å². The van der Waals surface area contributed by atoms with Gasteiger partial charge in [0.25, 0.3) is 0 Å². The third-order valence-corrected chi connectivity index (χ3v) is 3.59. The molecule has 1 N–H and O–H groups in total. The highest BCUT2D eigenvalue weighted by molar-refractivity contribution is 6.33. The van der Waals surface area contributed by atoms with Gasteiger partial charge in [0.15, 0.2) is 0 Å². The SMILES string of the molecule is CCNC(C)C(C)c1nc(-c2ccc(F)cc2Cl)no1. The average molecular weight is 298 g/mol. The molecule has 0 aliphatic rings. The quantitative estimate of drug-likeness (QED) is 0.915. The van der Waals surface area contributed by atoms with Crippen LogP contribution in [-0.4, -0.2) is 22.7 Å². The van der Waals surface area contributed by atoms with Crippen LogP contribution in [0.1, 0.15) is 32.6 Å². The summed E-state index contributed by atoms with van der Waals surface area (Å²) in [6, 6.07) is 4.32. The lowest BCUT2D eigenvalue weighted by Gasteiger charge is -2.16. The molecule has 0 aliphatic carbocycles. The van der Waals surface area contributed by atoms with Crippen molar-refractivity contribution in [1.29, 1.82) is 0 Å². The lowest BCUT2D eigenvalue weighted by Crippen LogP contribution is -2.30. The van der Waals surface area contributed by atoms with Crippen LogP contribution < -0.4 is 5.32 Å². The van der Waals surface area contributed by atoms with Crippen LogP contribution in [0.15, 0.2) is 22.7 Å². The van der Waals surface area contributed by atoms with Gasteiger partial charge in [-0.05, 0) is 31.7 Å². The van der Waals surface area contributed by atoms with Crippen LogP contribution in [0.3, 0.4) is 0 Å². The number of hydrogen-bond acceptors (Lipinski definition) is 4. The summed E-state index contributed by atoms with van der Waals surface area (Å²) in [7, 11) is 0. The van der Waals surface area contributed by atoms with Gasteiger partial charge in [-0.25, -0.2) is 4.39 Å². The van der Waals surface area contributed by atoms with Crippen molar-refractivity contribution in [2.45, 2.75) is 32.7 Å². The first kappa shape index (κ1) is 14.9. The Kier molecular flexibility index (Phi) is 4.73. The van der Waals surface area contributed by atoms with Crippen LogP contribution >= 0.6 is 11.6 Å². The summed E-state index contributed by atoms with van der Waals surface area (Å²) in [4.78, 5) is 4.35. The molecule has 0 bridgehead atoms. The van der Waals surface area contributed by atoms with Crippen molar-refractivity contribution < 1.29 is 8.91 Å². The average Bonchev–Trinajstić information content (AvgIpc) is 2.87. The smallest absolute Gasteiger partial charge is 0.231 e. The largest absolute Gasteiger partial charge is 0.339 e. The molecule has 0 spiro atoms. The number of likely N-dealkylation sites (N-methyl/N-ethyl adjacent to an activating group) is 1. The molecular weight excluding hydrogens is 281 g/mol. The second-order valence-corrected chi connectivity index (χ2v) is 5.12. The molecule has 2 aromatic rings. The van der Waals surface area contributed by atoms with E-state index in [0.29, 0.717) is 17.3 Å². The fourth-order valence-corrected chi connectivity index (χ4v) is 2.16. The first-order chi connectivity index (χ1) is 9.52. The van der Waals surface area contributed by atoms with Crippen LogP contribution in [0.25, 0.3) is 11.4 Å². The molecule has 0 saturated heterocycles. The molecule has 0 aliphatic heterocycles. The number of benzene rings is 1. The molecule has 2 atom stereocenters. The molecule has 2 rings (SSSR count). The van der Waals surface area contributed by atoms with Crippen LogP contribution in [0.2, 0.25) is 5.02 Å². The normalized spacial score (nSPS) is 14.2. The molecule has 0 saturated carbocycles. The maximum absolute atomic E-state index is 13.0. The zero-order valence-electron chi connectivity index (χ0n) is 11.7. The van der Waals surface area contributed by atoms with Gasteiger partial charge in [-0.1, -0.05) is 30.6 Å². The Labute approximate surface area is 122 Å². The van der Waals surface area contributed by atoms with E-state index in [9.17, 15) is 4.39 Å². The van der Waals surface area contributed by atoms with E-state index in [4.69, 9.17) is 16.1 Å². The van der Waals surface area contributed by atoms with E-state index in [1.807, 2.05) is 13.8 Å². The summed E-state index contributed by atoms with van der Waals surface area (Å²) in [5.74, 6) is 0.599. The minimum atomic E-state index is -0.392. The highest BCUT2D eigenvalue weighted by Gasteiger charge is 2.21. The lowest BCUT2D eigenvalue weighted by atomic mass is 10.0. The monoisotopic (exact) mass is 297 g/mol. The molecule has 1 heterocycles. The van der Waals surface area contributed by atoms with Gasteiger partial charge in [0, 0.05) is 11.6 Å². The fraction of sp³-hybridized carbons (Fsp3) is 0.429. The highest BCUT2D eigenvalue weighted by atomic mass is 35.5. The summed E-state index contributed by atoms with van der Waals surface area (Å²) in [6.07, 6.45) is 0. The number of hydrogen-bond donors (Lipinski definition) is 1. The van der Waals surface area contributed by atoms with Crippen molar-refractivity contribution in [3.8, 4) is 11.4 Å². The Morgan fingerprint density at radius 1 is 1.40 bits per heavy atom. The van der Waals surface area contributed by atoms with E-state index in [2.05, 4.69) is 22.4 Å². The molecule has 6 heteroatoms. The summed E-state index contributed by atoms with van der Waals surface area (Å²) in [5, 5.41) is 7.50. The Bertz CT molecular complexity index is 588. The molecule has 1 aromatic heterocycles. The number of halogens is 2. The number of nitrogens with zero attached hydrogens (tertiary/aromatic N) is 2. The Balaban J connectivity index is 2.24. The van der Waals surface area contributed by atoms with Gasteiger partial charge in [0.2, 0.25) is 11.7 Å². The van der Waals surface area contributed by atoms with Crippen molar-refractivity contribution in [2.75, 3.05) is 6.54 Å². The minimum Gasteiger partial charge on any atom is -0.339 e. The Morgan fingerprint density at radius 3 is 2.80 bits per heavy atom. The zero-order chi connectivity index (χ0) is 14.7. The first-order valence-electron chi connectivity index (χ1n) is 6.55.